The second-order valence-electron chi connectivity index (χ2n) is 6.20. The van der Waals surface area contributed by atoms with Crippen molar-refractivity contribution < 1.29 is 9.22 Å². The van der Waals surface area contributed by atoms with Gasteiger partial charge in [0.1, 0.15) is 5.52 Å². The van der Waals surface area contributed by atoms with Gasteiger partial charge in [0.15, 0.2) is 0 Å². The van der Waals surface area contributed by atoms with Crippen LogP contribution in [-0.2, 0) is 0 Å². The van der Waals surface area contributed by atoms with Crippen LogP contribution in [0, 0.1) is 30.9 Å². The Bertz CT molecular complexity index is 1110. The Morgan fingerprint density at radius 1 is 1.12 bits per heavy atom. The Labute approximate surface area is 155 Å². The highest BCUT2D eigenvalue weighted by molar-refractivity contribution is 6.30. The summed E-state index contributed by atoms with van der Waals surface area (Å²) in [5.41, 5.74) is 2.86. The zero-order valence-corrected chi connectivity index (χ0v) is 15.4. The van der Waals surface area contributed by atoms with Crippen LogP contribution in [0.2, 0.25) is 5.02 Å². The zero-order chi connectivity index (χ0) is 19.0. The van der Waals surface area contributed by atoms with E-state index < -0.39 is 5.78 Å². The topological polar surface area (TPSA) is 68.0 Å². The van der Waals surface area contributed by atoms with Crippen molar-refractivity contribution in [3.8, 4) is 0 Å². The summed E-state index contributed by atoms with van der Waals surface area (Å²) in [5.74, 6) is -0.530. The van der Waals surface area contributed by atoms with Gasteiger partial charge in [0.2, 0.25) is 0 Å². The molecule has 1 aromatic heterocycles. The highest BCUT2D eigenvalue weighted by Gasteiger charge is 2.25. The third-order valence-corrected chi connectivity index (χ3v) is 4.66. The number of rotatable bonds is 3. The molecule has 0 aliphatic carbocycles. The van der Waals surface area contributed by atoms with E-state index in [2.05, 4.69) is 0 Å². The highest BCUT2D eigenvalue weighted by Crippen LogP contribution is 2.19. The predicted octanol–water partition coefficient (Wildman–Crippen LogP) is 4.38. The van der Waals surface area contributed by atoms with Gasteiger partial charge in [-0.05, 0) is 61.7 Å². The van der Waals surface area contributed by atoms with Gasteiger partial charge in [0.05, 0.1) is 10.1 Å². The van der Waals surface area contributed by atoms with Crippen LogP contribution in [0.4, 0.5) is 0 Å². The molecule has 0 saturated carbocycles. The van der Waals surface area contributed by atoms with E-state index in [0.29, 0.717) is 14.2 Å². The van der Waals surface area contributed by atoms with Gasteiger partial charge in [0, 0.05) is 16.0 Å². The van der Waals surface area contributed by atoms with Gasteiger partial charge in [0.25, 0.3) is 11.3 Å². The van der Waals surface area contributed by atoms with Crippen LogP contribution in [0.3, 0.4) is 0 Å². The number of hydrogen-bond acceptors (Lipinski definition) is 3. The first-order chi connectivity index (χ1) is 12.3. The van der Waals surface area contributed by atoms with Crippen molar-refractivity contribution in [2.75, 3.05) is 0 Å². The molecule has 0 aliphatic rings. The molecule has 1 heterocycles. The maximum Gasteiger partial charge on any atom is 0.329 e. The van der Waals surface area contributed by atoms with E-state index in [1.54, 1.807) is 42.5 Å². The monoisotopic (exact) mass is 368 g/mol. The summed E-state index contributed by atoms with van der Waals surface area (Å²) in [6, 6.07) is 10.2. The fourth-order valence-corrected chi connectivity index (χ4v) is 2.88. The van der Waals surface area contributed by atoms with E-state index in [1.165, 1.54) is 13.0 Å². The predicted molar refractivity (Wildman–Crippen MR) is 103 cm³/mol. The number of carbonyl (C=O) groups is 1. The molecule has 0 bridgehead atoms. The van der Waals surface area contributed by atoms with Crippen molar-refractivity contribution in [3.05, 3.63) is 85.7 Å². The summed E-state index contributed by atoms with van der Waals surface area (Å²) >= 11 is 5.84. The fourth-order valence-electron chi connectivity index (χ4n) is 2.76. The Hall–Kier alpha value is -2.92. The van der Waals surface area contributed by atoms with Gasteiger partial charge in [-0.2, -0.15) is 0 Å². The molecule has 0 atom stereocenters. The number of carbonyl (C=O) groups excluding carboxylic acids is 1. The highest BCUT2D eigenvalue weighted by atomic mass is 35.5. The lowest BCUT2D eigenvalue weighted by Gasteiger charge is -2.16. The maximum atomic E-state index is 12.8. The quantitative estimate of drug-likeness (QED) is 0.391. The number of aryl methyl sites for hydroxylation is 2. The number of hydrogen-bond donors (Lipinski definition) is 0. The van der Waals surface area contributed by atoms with Crippen LogP contribution < -0.4 is 4.43 Å². The Kier molecular flexibility index (Phi) is 4.66. The van der Waals surface area contributed by atoms with Crippen molar-refractivity contribution in [2.24, 2.45) is 0 Å². The van der Waals surface area contributed by atoms with Crippen molar-refractivity contribution in [2.45, 2.75) is 20.8 Å². The summed E-state index contributed by atoms with van der Waals surface area (Å²) in [7, 11) is 0. The lowest BCUT2D eigenvalue weighted by molar-refractivity contribution is -0.468. The van der Waals surface area contributed by atoms with Gasteiger partial charge < -0.3 is 9.94 Å². The average molecular weight is 369 g/mol. The molecule has 3 aromatic rings. The first kappa shape index (κ1) is 17.9. The van der Waals surface area contributed by atoms with E-state index >= 15 is 0 Å². The Morgan fingerprint density at radius 3 is 2.38 bits per heavy atom. The largest absolute Gasteiger partial charge is 0.805 e. The first-order valence-corrected chi connectivity index (χ1v) is 8.42. The van der Waals surface area contributed by atoms with Gasteiger partial charge in [-0.25, -0.2) is 0 Å². The minimum absolute atomic E-state index is 0.0708. The molecule has 26 heavy (non-hydrogen) atoms. The van der Waals surface area contributed by atoms with E-state index in [0.717, 1.165) is 16.7 Å². The number of halogens is 1. The van der Waals surface area contributed by atoms with Crippen molar-refractivity contribution in [1.29, 1.82) is 0 Å². The summed E-state index contributed by atoms with van der Waals surface area (Å²) in [4.78, 5) is 25.3. The van der Waals surface area contributed by atoms with Crippen molar-refractivity contribution in [3.63, 3.8) is 0 Å². The minimum atomic E-state index is -0.530. The number of allylic oxidation sites excluding steroid dienone is 1. The SMILES string of the molecule is Cc1cc2c(cc1C)[n+](=O)c(C(=O)C=Cc1ccc(Cl)cc1)c(C)n2[O-]. The summed E-state index contributed by atoms with van der Waals surface area (Å²) in [5, 5.41) is 13.1. The van der Waals surface area contributed by atoms with E-state index in [1.807, 2.05) is 13.8 Å². The third kappa shape index (κ3) is 3.13. The van der Waals surface area contributed by atoms with Crippen LogP contribution >= 0.6 is 11.6 Å². The number of ketones is 1. The van der Waals surface area contributed by atoms with E-state index in [-0.39, 0.29) is 22.4 Å². The molecule has 0 amide bonds. The molecule has 132 valence electrons. The molecule has 2 aromatic carbocycles. The average Bonchev–Trinajstić information content (AvgIpc) is 2.61. The summed E-state index contributed by atoms with van der Waals surface area (Å²) < 4.78 is 1.18. The van der Waals surface area contributed by atoms with Crippen molar-refractivity contribution in [1.82, 2.24) is 4.73 Å². The molecule has 5 nitrogen and oxygen atoms in total. The van der Waals surface area contributed by atoms with Crippen LogP contribution in [-0.4, -0.2) is 10.5 Å². The van der Waals surface area contributed by atoms with Crippen LogP contribution in [0.1, 0.15) is 32.9 Å². The third-order valence-electron chi connectivity index (χ3n) is 4.41. The maximum absolute atomic E-state index is 12.8. The summed E-state index contributed by atoms with van der Waals surface area (Å²) in [6.45, 7) is 5.19. The molecular weight excluding hydrogens is 352 g/mol. The molecule has 0 radical (unpaired) electrons. The molecular formula is C20H17ClN2O3. The normalized spacial score (nSPS) is 11.4. The molecule has 0 N–H and O–H groups in total. The van der Waals surface area contributed by atoms with Gasteiger partial charge in [-0.1, -0.05) is 29.8 Å². The standard InChI is InChI=1S/C20H17ClN2O3/c1-12-10-17-18(11-13(12)2)23(26)20(14(3)22(17)25)19(24)9-6-15-4-7-16(21)8-5-15/h4-11H,1-3H3. The molecule has 3 rings (SSSR count). The van der Waals surface area contributed by atoms with Crippen molar-refractivity contribution >= 4 is 34.5 Å². The second-order valence-corrected chi connectivity index (χ2v) is 6.63. The molecule has 0 fully saturated rings. The first-order valence-electron chi connectivity index (χ1n) is 8.04. The molecule has 0 unspecified atom stereocenters. The second kappa shape index (κ2) is 6.77. The van der Waals surface area contributed by atoms with Gasteiger partial charge in [-0.3, -0.25) is 4.79 Å². The number of fused-ring (bicyclic) bond motifs is 1. The lowest BCUT2D eigenvalue weighted by Crippen LogP contribution is -2.30. The minimum Gasteiger partial charge on any atom is -0.805 e. The van der Waals surface area contributed by atoms with E-state index in [9.17, 15) is 14.9 Å². The Morgan fingerprint density at radius 2 is 1.73 bits per heavy atom. The number of nitrogens with zero attached hydrogens (tertiary/aromatic N) is 2. The molecule has 6 heteroatoms. The van der Waals surface area contributed by atoms with E-state index in [4.69, 9.17) is 11.6 Å². The fraction of sp³-hybridized carbons (Fsp3) is 0.150. The van der Waals surface area contributed by atoms with Crippen LogP contribution in [0.25, 0.3) is 17.1 Å². The number of aromatic nitrogens is 2. The molecule has 0 saturated heterocycles. The molecule has 0 aliphatic heterocycles. The zero-order valence-electron chi connectivity index (χ0n) is 14.6. The van der Waals surface area contributed by atoms with Gasteiger partial charge >= 0.3 is 5.69 Å². The Balaban J connectivity index is 2.12. The molecule has 0 spiro atoms. The van der Waals surface area contributed by atoms with Gasteiger partial charge in [-0.15, -0.1) is 0 Å². The van der Waals surface area contributed by atoms with Crippen LogP contribution in [0.15, 0.2) is 42.5 Å². The lowest BCUT2D eigenvalue weighted by atomic mass is 10.1. The summed E-state index contributed by atoms with van der Waals surface area (Å²) in [6.07, 6.45) is 2.87. The number of benzene rings is 2. The smallest absolute Gasteiger partial charge is 0.329 e. The van der Waals surface area contributed by atoms with Crippen LogP contribution in [0.5, 0.6) is 0 Å².